The van der Waals surface area contributed by atoms with E-state index in [0.29, 0.717) is 61.0 Å². The van der Waals surface area contributed by atoms with Crippen molar-refractivity contribution in [2.75, 3.05) is 70.7 Å². The third kappa shape index (κ3) is 23.6. The average molecular weight is 1290 g/mol. The standard InChI is InChI=1S/C28H30ClN5O5S3.C17H22N2O2S.C10H10ClN3O2S2.CH4/c1-41(36,37)33-23-14-12-22(13-15-23)25-26(29)40-27(31-25)32-28(35)34(18-19-42(30,38)39)17-16-24(20-8-4-2-5-9-20)21-10-6-3-7-11-21;18-22(20,21)14-13-19-12-11-17(15-7-3-1-4-8-15)16-9-5-2-6-10-16;1-18(15,16)14-7-4-2-6(3-5-7)8-9(11)17-10(12)13-8;/h2-15,24,33H,16-19H2,1H3,(H2,30,38,39)(H,31,32,35);1-10,17,19H,11-14H2,(H2,18,20,21);2-5,14H,1H3,(H2,12,13);1H4. The fraction of sp³-hybridized carbons (Fsp3) is 0.232. The highest BCUT2D eigenvalue weighted by Gasteiger charge is 2.23. The van der Waals surface area contributed by atoms with Crippen molar-refractivity contribution < 1.29 is 38.5 Å². The van der Waals surface area contributed by atoms with Crippen molar-refractivity contribution in [3.63, 3.8) is 0 Å². The number of nitrogens with zero attached hydrogens (tertiary/aromatic N) is 3. The smallest absolute Gasteiger partial charge is 0.323 e. The summed E-state index contributed by atoms with van der Waals surface area (Å²) in [5.74, 6) is -0.170. The molecule has 0 aliphatic carbocycles. The zero-order chi connectivity index (χ0) is 59.5. The Labute approximate surface area is 504 Å². The molecule has 0 spiro atoms. The van der Waals surface area contributed by atoms with E-state index in [4.69, 9.17) is 39.2 Å². The van der Waals surface area contributed by atoms with E-state index >= 15 is 0 Å². The van der Waals surface area contributed by atoms with Gasteiger partial charge < -0.3 is 16.0 Å². The molecule has 0 aliphatic rings. The summed E-state index contributed by atoms with van der Waals surface area (Å²) in [6.07, 6.45) is 3.59. The van der Waals surface area contributed by atoms with Crippen molar-refractivity contribution in [2.45, 2.75) is 32.1 Å². The second-order valence-corrected chi connectivity index (χ2v) is 28.6. The molecule has 2 heterocycles. The van der Waals surface area contributed by atoms with Crippen LogP contribution in [0.25, 0.3) is 22.5 Å². The van der Waals surface area contributed by atoms with E-state index in [0.717, 1.165) is 53.5 Å². The van der Waals surface area contributed by atoms with Crippen molar-refractivity contribution in [1.82, 2.24) is 20.2 Å². The second kappa shape index (κ2) is 31.4. The maximum absolute atomic E-state index is 13.4. The van der Waals surface area contributed by atoms with Gasteiger partial charge in [-0.1, -0.05) is 199 Å². The number of nitrogens with one attached hydrogen (secondary N) is 4. The first-order valence-corrected chi connectivity index (χ1v) is 34.6. The number of sulfonamides is 4. The highest BCUT2D eigenvalue weighted by atomic mass is 35.5. The topological polar surface area (TPSA) is 309 Å². The van der Waals surface area contributed by atoms with E-state index in [1.54, 1.807) is 48.5 Å². The number of nitrogen functional groups attached to an aromatic ring is 1. The van der Waals surface area contributed by atoms with Gasteiger partial charge in [0.15, 0.2) is 10.3 Å². The van der Waals surface area contributed by atoms with Gasteiger partial charge in [0.1, 0.15) is 20.1 Å². The number of aromatic nitrogens is 2. The molecule has 2 amide bonds. The average Bonchev–Trinajstić information content (AvgIpc) is 4.12. The molecule has 10 N–H and O–H groups in total. The molecule has 0 saturated carbocycles. The Balaban J connectivity index is 0.000000256. The Hall–Kier alpha value is -6.49. The lowest BCUT2D eigenvalue weighted by Gasteiger charge is -2.25. The predicted octanol–water partition coefficient (Wildman–Crippen LogP) is 10.3. The number of nitrogens with two attached hydrogens (primary N) is 3. The number of carbonyl (C=O) groups excluding carboxylic acids is 1. The molecule has 0 unspecified atom stereocenters. The van der Waals surface area contributed by atoms with E-state index < -0.39 is 51.9 Å². The van der Waals surface area contributed by atoms with Gasteiger partial charge in [-0.15, -0.1) is 0 Å². The first-order chi connectivity index (χ1) is 38.8. The Morgan fingerprint density at radius 2 is 0.916 bits per heavy atom. The minimum atomic E-state index is -3.82. The lowest BCUT2D eigenvalue weighted by molar-refractivity contribution is 0.213. The molecule has 2 aromatic heterocycles. The molecule has 0 aliphatic heterocycles. The highest BCUT2D eigenvalue weighted by Crippen LogP contribution is 2.37. The van der Waals surface area contributed by atoms with E-state index in [2.05, 4.69) is 54.3 Å². The molecule has 444 valence electrons. The number of benzene rings is 6. The number of anilines is 4. The van der Waals surface area contributed by atoms with E-state index in [9.17, 15) is 38.5 Å². The second-order valence-electron chi connectivity index (χ2n) is 18.4. The summed E-state index contributed by atoms with van der Waals surface area (Å²) in [7, 11) is -13.9. The Morgan fingerprint density at radius 3 is 1.29 bits per heavy atom. The molecule has 6 aromatic carbocycles. The van der Waals surface area contributed by atoms with Gasteiger partial charge in [-0.2, -0.15) is 0 Å². The fourth-order valence-electron chi connectivity index (χ4n) is 8.24. The molecule has 19 nitrogen and oxygen atoms in total. The number of rotatable bonds is 23. The summed E-state index contributed by atoms with van der Waals surface area (Å²) in [6.45, 7) is 1.26. The molecule has 27 heteroatoms. The molecule has 0 fully saturated rings. The fourth-order valence-corrected chi connectivity index (χ4v) is 12.3. The van der Waals surface area contributed by atoms with Crippen LogP contribution in [0.3, 0.4) is 0 Å². The monoisotopic (exact) mass is 1280 g/mol. The molecule has 83 heavy (non-hydrogen) atoms. The Morgan fingerprint density at radius 1 is 0.530 bits per heavy atom. The summed E-state index contributed by atoms with van der Waals surface area (Å²) in [4.78, 5) is 23.4. The van der Waals surface area contributed by atoms with Crippen LogP contribution in [0.4, 0.5) is 26.4 Å². The number of carbonyl (C=O) groups is 1. The molecule has 0 atom stereocenters. The molecule has 8 rings (SSSR count). The molecule has 0 radical (unpaired) electrons. The van der Waals surface area contributed by atoms with E-state index in [-0.39, 0.29) is 37.3 Å². The number of amides is 2. The number of hydrogen-bond acceptors (Lipinski definition) is 15. The van der Waals surface area contributed by atoms with E-state index in [1.807, 2.05) is 97.1 Å². The summed E-state index contributed by atoms with van der Waals surface area (Å²) in [5.41, 5.74) is 13.5. The molecule has 0 saturated heterocycles. The number of hydrogen-bond donors (Lipinski definition) is 7. The summed E-state index contributed by atoms with van der Waals surface area (Å²) >= 11 is 14.7. The Kier molecular flexibility index (Phi) is 25.5. The first-order valence-electron chi connectivity index (χ1n) is 25.0. The third-order valence-electron chi connectivity index (χ3n) is 11.9. The lowest BCUT2D eigenvalue weighted by atomic mass is 9.88. The van der Waals surface area contributed by atoms with Crippen LogP contribution in [-0.2, 0) is 40.1 Å². The van der Waals surface area contributed by atoms with Crippen molar-refractivity contribution in [3.05, 3.63) is 201 Å². The van der Waals surface area contributed by atoms with Crippen molar-refractivity contribution in [2.24, 2.45) is 10.3 Å². The number of urea groups is 1. The van der Waals surface area contributed by atoms with Crippen molar-refractivity contribution in [1.29, 1.82) is 0 Å². The summed E-state index contributed by atoms with van der Waals surface area (Å²) < 4.78 is 96.0. The highest BCUT2D eigenvalue weighted by molar-refractivity contribution is 7.92. The number of primary sulfonamides is 2. The minimum absolute atomic E-state index is 0. The van der Waals surface area contributed by atoms with Crippen LogP contribution in [0.15, 0.2) is 170 Å². The van der Waals surface area contributed by atoms with Crippen LogP contribution in [0.2, 0.25) is 8.67 Å². The number of halogens is 2. The quantitative estimate of drug-likeness (QED) is 0.0294. The van der Waals surface area contributed by atoms with Crippen LogP contribution in [0.5, 0.6) is 0 Å². The van der Waals surface area contributed by atoms with Crippen molar-refractivity contribution in [3.8, 4) is 22.5 Å². The molecule has 8 aromatic rings. The predicted molar refractivity (Wildman–Crippen MR) is 341 cm³/mol. The SMILES string of the molecule is C.CS(=O)(=O)Nc1ccc(-c2nc(N)sc2Cl)cc1.CS(=O)(=O)Nc1ccc(-c2nc(NC(=O)N(CCC(c3ccccc3)c3ccccc3)CCS(N)(=O)=O)sc2Cl)cc1.NS(=O)(=O)CCNCCC(c1ccccc1)c1ccccc1. The van der Waals surface area contributed by atoms with Crippen LogP contribution in [0.1, 0.15) is 54.4 Å². The zero-order valence-electron chi connectivity index (χ0n) is 44.4. The third-order valence-corrected chi connectivity index (χ3v) is 16.9. The largest absolute Gasteiger partial charge is 0.375 e. The van der Waals surface area contributed by atoms with E-state index in [1.165, 1.54) is 27.4 Å². The number of thiazole rings is 2. The molecular formula is C56H66Cl2N10O9S6. The summed E-state index contributed by atoms with van der Waals surface area (Å²) in [6, 6.07) is 53.2. The zero-order valence-corrected chi connectivity index (χ0v) is 50.8. The van der Waals surface area contributed by atoms with Crippen LogP contribution in [-0.4, -0.2) is 105 Å². The minimum Gasteiger partial charge on any atom is -0.375 e. The lowest BCUT2D eigenvalue weighted by Crippen LogP contribution is -2.40. The first kappa shape index (κ1) is 67.3. The van der Waals surface area contributed by atoms with Crippen LogP contribution < -0.4 is 36.1 Å². The van der Waals surface area contributed by atoms with Gasteiger partial charge in [-0.3, -0.25) is 14.8 Å². The van der Waals surface area contributed by atoms with Crippen LogP contribution >= 0.6 is 45.9 Å². The van der Waals surface area contributed by atoms with Gasteiger partial charge in [-0.05, 0) is 65.9 Å². The van der Waals surface area contributed by atoms with Gasteiger partial charge in [0, 0.05) is 54.0 Å². The van der Waals surface area contributed by atoms with Gasteiger partial charge in [0.2, 0.25) is 40.1 Å². The summed E-state index contributed by atoms with van der Waals surface area (Å²) in [5, 5.41) is 16.8. The van der Waals surface area contributed by atoms with Gasteiger partial charge in [-0.25, -0.2) is 58.7 Å². The normalized spacial score (nSPS) is 11.6. The van der Waals surface area contributed by atoms with Crippen LogP contribution in [0, 0.1) is 0 Å². The van der Waals surface area contributed by atoms with Crippen molar-refractivity contribution >= 4 is 114 Å². The van der Waals surface area contributed by atoms with Gasteiger partial charge in [0.05, 0.1) is 24.0 Å². The Bertz CT molecular complexity index is 3700. The molecular weight excluding hydrogens is 1220 g/mol. The maximum Gasteiger partial charge on any atom is 0.323 e. The molecule has 0 bridgehead atoms. The van der Waals surface area contributed by atoms with Gasteiger partial charge >= 0.3 is 6.03 Å². The maximum atomic E-state index is 13.4. The van der Waals surface area contributed by atoms with Gasteiger partial charge in [0.25, 0.3) is 0 Å².